The van der Waals surface area contributed by atoms with Gasteiger partial charge in [0.25, 0.3) is 0 Å². The van der Waals surface area contributed by atoms with Crippen LogP contribution in [0.2, 0.25) is 0 Å². The minimum absolute atomic E-state index is 0. The molecule has 0 spiro atoms. The Morgan fingerprint density at radius 3 is 2.65 bits per heavy atom. The van der Waals surface area contributed by atoms with Crippen molar-refractivity contribution in [1.82, 2.24) is 5.32 Å². The van der Waals surface area contributed by atoms with E-state index in [-0.39, 0.29) is 19.0 Å². The van der Waals surface area contributed by atoms with Gasteiger partial charge in [-0.1, -0.05) is 6.07 Å². The van der Waals surface area contributed by atoms with E-state index in [4.69, 9.17) is 15.2 Å². The summed E-state index contributed by atoms with van der Waals surface area (Å²) in [6.45, 7) is 1.77. The summed E-state index contributed by atoms with van der Waals surface area (Å²) in [5.74, 6) is -0.458. The van der Waals surface area contributed by atoms with Crippen molar-refractivity contribution in [2.75, 3.05) is 20.8 Å². The summed E-state index contributed by atoms with van der Waals surface area (Å²) in [5, 5.41) is 2.63. The summed E-state index contributed by atoms with van der Waals surface area (Å²) in [7, 11) is 2.90. The van der Waals surface area contributed by atoms with Gasteiger partial charge in [0.2, 0.25) is 5.91 Å². The van der Waals surface area contributed by atoms with Crippen LogP contribution < -0.4 is 15.8 Å². The van der Waals surface area contributed by atoms with Crippen LogP contribution >= 0.6 is 12.4 Å². The zero-order valence-corrected chi connectivity index (χ0v) is 12.5. The molecule has 114 valence electrons. The third kappa shape index (κ3) is 4.63. The Balaban J connectivity index is 0.00000361. The van der Waals surface area contributed by atoms with Gasteiger partial charge in [0, 0.05) is 7.11 Å². The maximum absolute atomic E-state index is 13.8. The summed E-state index contributed by atoms with van der Waals surface area (Å²) < 4.78 is 23.7. The quantitative estimate of drug-likeness (QED) is 0.833. The van der Waals surface area contributed by atoms with E-state index in [2.05, 4.69) is 5.32 Å². The fraction of sp³-hybridized carbons (Fsp3) is 0.462. The Morgan fingerprint density at radius 2 is 2.10 bits per heavy atom. The molecule has 1 amide bonds. The lowest BCUT2D eigenvalue weighted by Crippen LogP contribution is -2.44. The second kappa shape index (κ2) is 8.73. The first-order chi connectivity index (χ1) is 9.01. The topological polar surface area (TPSA) is 73.6 Å². The molecule has 5 nitrogen and oxygen atoms in total. The molecule has 1 aromatic carbocycles. The number of carbonyl (C=O) groups is 1. The molecule has 1 rings (SSSR count). The zero-order valence-electron chi connectivity index (χ0n) is 11.7. The van der Waals surface area contributed by atoms with Gasteiger partial charge in [-0.2, -0.15) is 0 Å². The molecule has 0 aliphatic rings. The lowest BCUT2D eigenvalue weighted by atomic mass is 10.1. The van der Waals surface area contributed by atoms with E-state index in [9.17, 15) is 9.18 Å². The number of methoxy groups -OCH3 is 2. The van der Waals surface area contributed by atoms with Crippen molar-refractivity contribution in [3.8, 4) is 5.75 Å². The smallest absolute Gasteiger partial charge is 0.239 e. The van der Waals surface area contributed by atoms with Crippen LogP contribution in [0.5, 0.6) is 5.75 Å². The molecule has 0 radical (unpaired) electrons. The molecule has 0 aliphatic carbocycles. The average Bonchev–Trinajstić information content (AvgIpc) is 2.38. The normalized spacial score (nSPS) is 13.1. The first-order valence-corrected chi connectivity index (χ1v) is 5.88. The number of ether oxygens (including phenoxy) is 2. The van der Waals surface area contributed by atoms with Crippen molar-refractivity contribution in [2.24, 2.45) is 5.73 Å². The Hall–Kier alpha value is -1.37. The lowest BCUT2D eigenvalue weighted by molar-refractivity contribution is -0.124. The molecule has 2 atom stereocenters. The number of carbonyl (C=O) groups excluding carboxylic acids is 1. The SMILES string of the molecule is COCC(N)C(=O)NC(C)c1c(F)cccc1OC.Cl. The molecule has 0 saturated carbocycles. The van der Waals surface area contributed by atoms with Crippen molar-refractivity contribution in [2.45, 2.75) is 19.0 Å². The maximum Gasteiger partial charge on any atom is 0.239 e. The molecular formula is C13H20ClFN2O3. The van der Waals surface area contributed by atoms with E-state index in [1.807, 2.05) is 0 Å². The summed E-state index contributed by atoms with van der Waals surface area (Å²) in [4.78, 5) is 11.7. The Labute approximate surface area is 124 Å². The number of nitrogens with two attached hydrogens (primary N) is 1. The van der Waals surface area contributed by atoms with Gasteiger partial charge >= 0.3 is 0 Å². The number of rotatable bonds is 6. The van der Waals surface area contributed by atoms with Gasteiger partial charge in [-0.3, -0.25) is 4.79 Å². The van der Waals surface area contributed by atoms with Crippen LogP contribution in [-0.2, 0) is 9.53 Å². The summed E-state index contributed by atoms with van der Waals surface area (Å²) in [6, 6.07) is 3.16. The van der Waals surface area contributed by atoms with Gasteiger partial charge in [0.05, 0.1) is 25.3 Å². The van der Waals surface area contributed by atoms with Gasteiger partial charge in [-0.25, -0.2) is 4.39 Å². The van der Waals surface area contributed by atoms with E-state index >= 15 is 0 Å². The van der Waals surface area contributed by atoms with Gasteiger partial charge < -0.3 is 20.5 Å². The number of nitrogens with one attached hydrogen (secondary N) is 1. The molecule has 0 bridgehead atoms. The van der Waals surface area contributed by atoms with Crippen molar-refractivity contribution in [3.05, 3.63) is 29.6 Å². The number of halogens is 2. The fourth-order valence-corrected chi connectivity index (χ4v) is 1.76. The molecule has 3 N–H and O–H groups in total. The van der Waals surface area contributed by atoms with Crippen LogP contribution in [0.3, 0.4) is 0 Å². The molecular weight excluding hydrogens is 287 g/mol. The van der Waals surface area contributed by atoms with E-state index in [0.29, 0.717) is 11.3 Å². The van der Waals surface area contributed by atoms with Crippen LogP contribution in [0, 0.1) is 5.82 Å². The summed E-state index contributed by atoms with van der Waals surface area (Å²) in [6.07, 6.45) is 0. The molecule has 0 fully saturated rings. The average molecular weight is 307 g/mol. The molecule has 0 heterocycles. The van der Waals surface area contributed by atoms with Crippen LogP contribution in [0.4, 0.5) is 4.39 Å². The molecule has 1 aromatic rings. The number of hydrogen-bond acceptors (Lipinski definition) is 4. The number of hydrogen-bond donors (Lipinski definition) is 2. The first-order valence-electron chi connectivity index (χ1n) is 5.88. The fourth-order valence-electron chi connectivity index (χ4n) is 1.76. The highest BCUT2D eigenvalue weighted by Crippen LogP contribution is 2.27. The van der Waals surface area contributed by atoms with Crippen LogP contribution in [0.15, 0.2) is 18.2 Å². The molecule has 0 aromatic heterocycles. The molecule has 0 aliphatic heterocycles. The number of amides is 1. The summed E-state index contributed by atoms with van der Waals surface area (Å²) >= 11 is 0. The number of benzene rings is 1. The second-order valence-electron chi connectivity index (χ2n) is 4.15. The zero-order chi connectivity index (χ0) is 14.4. The Morgan fingerprint density at radius 1 is 1.45 bits per heavy atom. The van der Waals surface area contributed by atoms with E-state index in [1.165, 1.54) is 20.3 Å². The lowest BCUT2D eigenvalue weighted by Gasteiger charge is -2.20. The van der Waals surface area contributed by atoms with Crippen molar-refractivity contribution in [3.63, 3.8) is 0 Å². The van der Waals surface area contributed by atoms with Crippen LogP contribution in [0.1, 0.15) is 18.5 Å². The summed E-state index contributed by atoms with van der Waals surface area (Å²) in [5.41, 5.74) is 5.90. The minimum atomic E-state index is -0.787. The highest BCUT2D eigenvalue weighted by molar-refractivity contribution is 5.85. The standard InChI is InChI=1S/C13H19FN2O3.ClH/c1-8(16-13(17)10(15)7-18-2)12-9(14)5-4-6-11(12)19-3;/h4-6,8,10H,7,15H2,1-3H3,(H,16,17);1H. The molecule has 0 saturated heterocycles. The van der Waals surface area contributed by atoms with Crippen molar-refractivity contribution >= 4 is 18.3 Å². The molecule has 20 heavy (non-hydrogen) atoms. The predicted octanol–water partition coefficient (Wildman–Crippen LogP) is 1.41. The third-order valence-electron chi connectivity index (χ3n) is 2.71. The molecule has 2 unspecified atom stereocenters. The second-order valence-corrected chi connectivity index (χ2v) is 4.15. The monoisotopic (exact) mass is 306 g/mol. The van der Waals surface area contributed by atoms with Crippen LogP contribution in [-0.4, -0.2) is 32.8 Å². The predicted molar refractivity (Wildman–Crippen MR) is 76.6 cm³/mol. The Kier molecular flexibility index (Phi) is 8.13. The largest absolute Gasteiger partial charge is 0.496 e. The van der Waals surface area contributed by atoms with Gasteiger partial charge in [0.1, 0.15) is 17.6 Å². The molecule has 7 heteroatoms. The Bertz CT molecular complexity index is 446. The highest BCUT2D eigenvalue weighted by atomic mass is 35.5. The van der Waals surface area contributed by atoms with E-state index in [1.54, 1.807) is 19.1 Å². The van der Waals surface area contributed by atoms with Gasteiger partial charge in [0.15, 0.2) is 0 Å². The minimum Gasteiger partial charge on any atom is -0.496 e. The maximum atomic E-state index is 13.8. The van der Waals surface area contributed by atoms with E-state index < -0.39 is 23.8 Å². The van der Waals surface area contributed by atoms with Gasteiger partial charge in [-0.05, 0) is 19.1 Å². The third-order valence-corrected chi connectivity index (χ3v) is 2.71. The van der Waals surface area contributed by atoms with Crippen molar-refractivity contribution < 1.29 is 18.7 Å². The van der Waals surface area contributed by atoms with E-state index in [0.717, 1.165) is 0 Å². The van der Waals surface area contributed by atoms with Crippen molar-refractivity contribution in [1.29, 1.82) is 0 Å². The van der Waals surface area contributed by atoms with Crippen LogP contribution in [0.25, 0.3) is 0 Å². The van der Waals surface area contributed by atoms with Gasteiger partial charge in [-0.15, -0.1) is 12.4 Å². The highest BCUT2D eigenvalue weighted by Gasteiger charge is 2.21. The first kappa shape index (κ1) is 18.6.